The average Bonchev–Trinajstić information content (AvgIpc) is 2.62. The van der Waals surface area contributed by atoms with Gasteiger partial charge in [0, 0.05) is 24.3 Å². The van der Waals surface area contributed by atoms with Crippen LogP contribution in [-0.4, -0.2) is 18.5 Å². The van der Waals surface area contributed by atoms with Crippen molar-refractivity contribution < 1.29 is 30.7 Å². The van der Waals surface area contributed by atoms with E-state index < -0.39 is 15.6 Å². The van der Waals surface area contributed by atoms with Crippen molar-refractivity contribution in [1.29, 1.82) is 0 Å². The van der Waals surface area contributed by atoms with Crippen molar-refractivity contribution in [2.24, 2.45) is 0 Å². The summed E-state index contributed by atoms with van der Waals surface area (Å²) in [4.78, 5) is 0. The summed E-state index contributed by atoms with van der Waals surface area (Å²) in [6, 6.07) is 25.0. The van der Waals surface area contributed by atoms with Crippen LogP contribution >= 0.6 is 0 Å². The Labute approximate surface area is 148 Å². The predicted octanol–water partition coefficient (Wildman–Crippen LogP) is 3.68. The number of para-hydroxylation sites is 1. The minimum Gasteiger partial charge on any atom is -0.741 e. The second kappa shape index (κ2) is 8.11. The lowest BCUT2D eigenvalue weighted by Crippen LogP contribution is -2.28. The van der Waals surface area contributed by atoms with Gasteiger partial charge < -0.3 is 4.55 Å². The van der Waals surface area contributed by atoms with Crippen molar-refractivity contribution in [3.05, 3.63) is 85.2 Å². The van der Waals surface area contributed by atoms with E-state index >= 15 is 0 Å². The molecule has 3 aromatic rings. The van der Waals surface area contributed by atoms with Gasteiger partial charge in [-0.3, -0.25) is 0 Å². The topological polar surface area (TPSA) is 61.1 Å². The van der Waals surface area contributed by atoms with Crippen molar-refractivity contribution >= 4 is 10.1 Å². The first-order valence-corrected chi connectivity index (χ1v) is 8.73. The Balaban J connectivity index is 0.000000260. The van der Waals surface area contributed by atoms with E-state index in [9.17, 15) is 13.2 Å². The first kappa shape index (κ1) is 19.6. The predicted molar refractivity (Wildman–Crippen MR) is 89.2 cm³/mol. The Morgan fingerprint density at radius 3 is 1.54 bits per heavy atom. The standard InChI is InChI=1S/C17H14N.CHF3O3S/c1-3-7-15(8-4-1)16-11-13-18(14-12-16)17-9-5-2-6-10-17;2-1(3,4)8(5,6)7/h1-14H;(H,5,6,7)/q+1;/p-1. The number of hydrogen-bond donors (Lipinski definition) is 0. The van der Waals surface area contributed by atoms with Gasteiger partial charge in [0.1, 0.15) is 0 Å². The molecule has 0 radical (unpaired) electrons. The lowest BCUT2D eigenvalue weighted by molar-refractivity contribution is -0.595. The Morgan fingerprint density at radius 1 is 0.731 bits per heavy atom. The van der Waals surface area contributed by atoms with Gasteiger partial charge in [0.05, 0.1) is 0 Å². The molecular formula is C18H14F3NO3S. The summed E-state index contributed by atoms with van der Waals surface area (Å²) in [6.45, 7) is 0. The number of benzene rings is 2. The van der Waals surface area contributed by atoms with Crippen LogP contribution < -0.4 is 4.57 Å². The third kappa shape index (κ3) is 5.40. The maximum absolute atomic E-state index is 10.7. The molecule has 0 spiro atoms. The van der Waals surface area contributed by atoms with Crippen LogP contribution in [0.4, 0.5) is 13.2 Å². The van der Waals surface area contributed by atoms with Gasteiger partial charge >= 0.3 is 5.51 Å². The molecule has 0 saturated carbocycles. The zero-order valence-corrected chi connectivity index (χ0v) is 14.1. The Kier molecular flexibility index (Phi) is 6.12. The Morgan fingerprint density at radius 2 is 1.12 bits per heavy atom. The second-order valence-corrected chi connectivity index (χ2v) is 6.47. The summed E-state index contributed by atoms with van der Waals surface area (Å²) in [6.07, 6.45) is 4.19. The van der Waals surface area contributed by atoms with Gasteiger partial charge in [-0.25, -0.2) is 8.42 Å². The van der Waals surface area contributed by atoms with Gasteiger partial charge in [-0.2, -0.15) is 17.7 Å². The van der Waals surface area contributed by atoms with Crippen molar-refractivity contribution in [1.82, 2.24) is 0 Å². The third-order valence-corrected chi connectivity index (χ3v) is 3.84. The fourth-order valence-electron chi connectivity index (χ4n) is 2.02. The zero-order chi connectivity index (χ0) is 19.2. The van der Waals surface area contributed by atoms with E-state index in [1.807, 2.05) is 24.3 Å². The molecule has 1 aromatic heterocycles. The largest absolute Gasteiger partial charge is 0.741 e. The van der Waals surface area contributed by atoms with Crippen LogP contribution in [0.2, 0.25) is 0 Å². The van der Waals surface area contributed by atoms with Gasteiger partial charge in [-0.05, 0) is 11.1 Å². The van der Waals surface area contributed by atoms with Gasteiger partial charge in [0.25, 0.3) is 0 Å². The minimum atomic E-state index is -6.09. The van der Waals surface area contributed by atoms with E-state index in [2.05, 4.69) is 65.5 Å². The molecule has 0 N–H and O–H groups in total. The van der Waals surface area contributed by atoms with Crippen molar-refractivity contribution in [3.63, 3.8) is 0 Å². The van der Waals surface area contributed by atoms with E-state index in [0.717, 1.165) is 0 Å². The molecule has 4 nitrogen and oxygen atoms in total. The second-order valence-electron chi connectivity index (χ2n) is 5.10. The number of hydrogen-bond acceptors (Lipinski definition) is 3. The van der Waals surface area contributed by atoms with Crippen molar-refractivity contribution in [2.45, 2.75) is 5.51 Å². The van der Waals surface area contributed by atoms with Gasteiger partial charge in [-0.1, -0.05) is 48.5 Å². The SMILES string of the molecule is O=S(=O)([O-])C(F)(F)F.c1ccc(-c2cc[n+](-c3ccccc3)cc2)cc1. The normalized spacial score (nSPS) is 11.4. The highest BCUT2D eigenvalue weighted by atomic mass is 32.2. The maximum atomic E-state index is 10.7. The summed E-state index contributed by atoms with van der Waals surface area (Å²) in [5.74, 6) is 0. The summed E-state index contributed by atoms with van der Waals surface area (Å²) in [5, 5.41) is 0. The Hall–Kier alpha value is -2.71. The summed E-state index contributed by atoms with van der Waals surface area (Å²) >= 11 is 0. The van der Waals surface area contributed by atoms with Crippen LogP contribution in [0.3, 0.4) is 0 Å². The van der Waals surface area contributed by atoms with Gasteiger partial charge in [0.2, 0.25) is 5.69 Å². The number of aromatic nitrogens is 1. The molecule has 0 amide bonds. The molecule has 26 heavy (non-hydrogen) atoms. The molecule has 0 aliphatic carbocycles. The van der Waals surface area contributed by atoms with Crippen LogP contribution in [0.15, 0.2) is 85.2 Å². The molecule has 0 saturated heterocycles. The molecule has 0 aliphatic rings. The molecule has 1 heterocycles. The maximum Gasteiger partial charge on any atom is 0.485 e. The van der Waals surface area contributed by atoms with E-state index in [1.165, 1.54) is 16.8 Å². The lowest BCUT2D eigenvalue weighted by Gasteiger charge is -2.08. The van der Waals surface area contributed by atoms with Crippen LogP contribution in [0.5, 0.6) is 0 Å². The molecule has 3 rings (SSSR count). The smallest absolute Gasteiger partial charge is 0.485 e. The molecule has 0 fully saturated rings. The number of nitrogens with zero attached hydrogens (tertiary/aromatic N) is 1. The highest BCUT2D eigenvalue weighted by Crippen LogP contribution is 2.20. The first-order chi connectivity index (χ1) is 12.2. The van der Waals surface area contributed by atoms with Crippen LogP contribution in [-0.2, 0) is 10.1 Å². The van der Waals surface area contributed by atoms with Crippen LogP contribution in [0, 0.1) is 0 Å². The highest BCUT2D eigenvalue weighted by Gasteiger charge is 2.36. The van der Waals surface area contributed by atoms with Crippen LogP contribution in [0.1, 0.15) is 0 Å². The number of alkyl halides is 3. The van der Waals surface area contributed by atoms with E-state index in [0.29, 0.717) is 0 Å². The molecular weight excluding hydrogens is 367 g/mol. The lowest BCUT2D eigenvalue weighted by atomic mass is 10.1. The first-order valence-electron chi connectivity index (χ1n) is 7.33. The van der Waals surface area contributed by atoms with Crippen molar-refractivity contribution in [3.8, 4) is 16.8 Å². The van der Waals surface area contributed by atoms with Crippen LogP contribution in [0.25, 0.3) is 16.8 Å². The van der Waals surface area contributed by atoms with E-state index in [-0.39, 0.29) is 0 Å². The molecule has 0 atom stereocenters. The number of pyridine rings is 1. The van der Waals surface area contributed by atoms with E-state index in [4.69, 9.17) is 13.0 Å². The molecule has 0 bridgehead atoms. The fourth-order valence-corrected chi connectivity index (χ4v) is 2.02. The fraction of sp³-hybridized carbons (Fsp3) is 0.0556. The highest BCUT2D eigenvalue weighted by molar-refractivity contribution is 7.86. The van der Waals surface area contributed by atoms with Gasteiger partial charge in [0.15, 0.2) is 22.5 Å². The summed E-state index contributed by atoms with van der Waals surface area (Å²) in [7, 11) is -6.09. The molecule has 0 unspecified atom stereocenters. The molecule has 136 valence electrons. The van der Waals surface area contributed by atoms with Gasteiger partial charge in [-0.15, -0.1) is 0 Å². The average molecular weight is 381 g/mol. The van der Waals surface area contributed by atoms with Crippen molar-refractivity contribution in [2.75, 3.05) is 0 Å². The summed E-state index contributed by atoms with van der Waals surface area (Å²) in [5.41, 5.74) is -1.98. The minimum absolute atomic E-state index is 1.18. The third-order valence-electron chi connectivity index (χ3n) is 3.27. The summed E-state index contributed by atoms with van der Waals surface area (Å²) < 4.78 is 61.0. The molecule has 2 aromatic carbocycles. The monoisotopic (exact) mass is 381 g/mol. The number of rotatable bonds is 2. The number of halogens is 3. The van der Waals surface area contributed by atoms with E-state index in [1.54, 1.807) is 0 Å². The zero-order valence-electron chi connectivity index (χ0n) is 13.3. The molecule has 8 heteroatoms. The molecule has 0 aliphatic heterocycles. The quantitative estimate of drug-likeness (QED) is 0.387. The Bertz CT molecular complexity index is 868.